The maximum Gasteiger partial charge on any atom is 0.253 e. The largest absolute Gasteiger partial charge is 0.495 e. The number of piperazine rings is 1. The van der Waals surface area contributed by atoms with E-state index in [0.29, 0.717) is 24.3 Å². The first-order valence-corrected chi connectivity index (χ1v) is 11.0. The van der Waals surface area contributed by atoms with E-state index in [2.05, 4.69) is 9.62 Å². The van der Waals surface area contributed by atoms with Crippen LogP contribution in [-0.4, -0.2) is 44.1 Å². The van der Waals surface area contributed by atoms with Crippen LogP contribution in [0.25, 0.3) is 0 Å². The molecule has 32 heavy (non-hydrogen) atoms. The molecule has 1 N–H and O–H groups in total. The van der Waals surface area contributed by atoms with Crippen molar-refractivity contribution >= 4 is 29.2 Å². The summed E-state index contributed by atoms with van der Waals surface area (Å²) in [5.74, 6) is -0.462. The van der Waals surface area contributed by atoms with Gasteiger partial charge in [-0.25, -0.2) is 8.78 Å². The van der Waals surface area contributed by atoms with Crippen molar-refractivity contribution in [1.82, 2.24) is 4.90 Å². The number of amides is 1. The molecule has 0 saturated carbocycles. The van der Waals surface area contributed by atoms with Crippen LogP contribution in [0.15, 0.2) is 71.6 Å². The molecule has 0 aliphatic carbocycles. The molecule has 1 aliphatic heterocycles. The van der Waals surface area contributed by atoms with Crippen molar-refractivity contribution in [3.05, 3.63) is 83.9 Å². The molecule has 1 aliphatic rings. The number of nitrogens with one attached hydrogen (secondary N) is 1. The van der Waals surface area contributed by atoms with Gasteiger partial charge in [0, 0.05) is 37.4 Å². The normalized spacial score (nSPS) is 13.7. The average molecular weight is 456 g/mol. The van der Waals surface area contributed by atoms with Crippen LogP contribution in [0.3, 0.4) is 0 Å². The maximum atomic E-state index is 13.7. The van der Waals surface area contributed by atoms with Gasteiger partial charge in [-0.1, -0.05) is 18.2 Å². The number of methoxy groups -OCH3 is 1. The number of anilines is 2. The predicted octanol–water partition coefficient (Wildman–Crippen LogP) is 5.06. The van der Waals surface area contributed by atoms with Crippen molar-refractivity contribution in [2.24, 2.45) is 0 Å². The molecule has 1 heterocycles. The molecule has 0 aromatic heterocycles. The monoisotopic (exact) mass is 455 g/mol. The summed E-state index contributed by atoms with van der Waals surface area (Å²) >= 11 is 0.859. The van der Waals surface area contributed by atoms with Crippen LogP contribution in [0.4, 0.5) is 20.2 Å². The number of benzene rings is 3. The molecule has 1 saturated heterocycles. The van der Waals surface area contributed by atoms with E-state index < -0.39 is 11.6 Å². The molecule has 5 nitrogen and oxygen atoms in total. The van der Waals surface area contributed by atoms with Crippen molar-refractivity contribution in [2.75, 3.05) is 42.9 Å². The van der Waals surface area contributed by atoms with E-state index in [0.717, 1.165) is 36.5 Å². The molecule has 0 bridgehead atoms. The maximum absolute atomic E-state index is 13.7. The lowest BCUT2D eigenvalue weighted by atomic mass is 10.1. The highest BCUT2D eigenvalue weighted by atomic mass is 32.2. The van der Waals surface area contributed by atoms with Crippen LogP contribution in [-0.2, 0) is 0 Å². The number of hydrogen-bond acceptors (Lipinski definition) is 5. The van der Waals surface area contributed by atoms with Crippen LogP contribution >= 0.6 is 11.9 Å². The SMILES string of the molecule is COc1ccccc1N1CCN(C(=O)c2ccc(NSc3c(F)cccc3F)cc2)CC1. The Labute approximate surface area is 190 Å². The van der Waals surface area contributed by atoms with Crippen molar-refractivity contribution in [3.63, 3.8) is 0 Å². The van der Waals surface area contributed by atoms with Crippen molar-refractivity contribution in [1.29, 1.82) is 0 Å². The van der Waals surface area contributed by atoms with Crippen molar-refractivity contribution < 1.29 is 18.3 Å². The summed E-state index contributed by atoms with van der Waals surface area (Å²) in [7, 11) is 1.66. The second kappa shape index (κ2) is 9.91. The summed E-state index contributed by atoms with van der Waals surface area (Å²) in [6.45, 7) is 2.66. The lowest BCUT2D eigenvalue weighted by molar-refractivity contribution is 0.0746. The Morgan fingerprint density at radius 2 is 1.56 bits per heavy atom. The Kier molecular flexibility index (Phi) is 6.80. The number of para-hydroxylation sites is 2. The van der Waals surface area contributed by atoms with Gasteiger partial charge in [0.25, 0.3) is 5.91 Å². The Morgan fingerprint density at radius 1 is 0.906 bits per heavy atom. The molecule has 0 spiro atoms. The summed E-state index contributed by atoms with van der Waals surface area (Å²) in [5.41, 5.74) is 2.25. The van der Waals surface area contributed by atoms with Crippen LogP contribution < -0.4 is 14.4 Å². The minimum atomic E-state index is -0.624. The third kappa shape index (κ3) is 4.80. The van der Waals surface area contributed by atoms with Gasteiger partial charge in [0.1, 0.15) is 17.4 Å². The van der Waals surface area contributed by atoms with E-state index in [9.17, 15) is 13.6 Å². The Balaban J connectivity index is 1.34. The first-order valence-electron chi connectivity index (χ1n) is 10.2. The van der Waals surface area contributed by atoms with Crippen LogP contribution in [0.1, 0.15) is 10.4 Å². The van der Waals surface area contributed by atoms with Crippen molar-refractivity contribution in [3.8, 4) is 5.75 Å². The van der Waals surface area contributed by atoms with Gasteiger partial charge in [0.15, 0.2) is 0 Å². The quantitative estimate of drug-likeness (QED) is 0.527. The zero-order valence-electron chi connectivity index (χ0n) is 17.6. The van der Waals surface area contributed by atoms with Gasteiger partial charge in [0.05, 0.1) is 17.7 Å². The number of nitrogens with zero attached hydrogens (tertiary/aromatic N) is 2. The number of hydrogen-bond donors (Lipinski definition) is 1. The van der Waals surface area contributed by atoms with Crippen molar-refractivity contribution in [2.45, 2.75) is 4.90 Å². The average Bonchev–Trinajstić information content (AvgIpc) is 2.84. The lowest BCUT2D eigenvalue weighted by Crippen LogP contribution is -2.48. The lowest BCUT2D eigenvalue weighted by Gasteiger charge is -2.36. The number of halogens is 2. The third-order valence-corrected chi connectivity index (χ3v) is 6.25. The predicted molar refractivity (Wildman–Crippen MR) is 123 cm³/mol. The van der Waals surface area contributed by atoms with Gasteiger partial charge < -0.3 is 19.3 Å². The minimum absolute atomic E-state index is 0.0379. The molecule has 4 rings (SSSR count). The Morgan fingerprint density at radius 3 is 2.22 bits per heavy atom. The molecule has 0 radical (unpaired) electrons. The Hall–Kier alpha value is -3.26. The Bertz CT molecular complexity index is 1070. The number of ether oxygens (including phenoxy) is 1. The second-order valence-corrected chi connectivity index (χ2v) is 8.10. The molecule has 0 atom stereocenters. The third-order valence-electron chi connectivity index (χ3n) is 5.31. The van der Waals surface area contributed by atoms with Gasteiger partial charge in [-0.3, -0.25) is 4.79 Å². The summed E-state index contributed by atoms with van der Waals surface area (Å²) in [5, 5.41) is 0. The highest BCUT2D eigenvalue weighted by Gasteiger charge is 2.23. The summed E-state index contributed by atoms with van der Waals surface area (Å²) < 4.78 is 35.9. The zero-order valence-corrected chi connectivity index (χ0v) is 18.4. The molecule has 1 fully saturated rings. The van der Waals surface area contributed by atoms with Gasteiger partial charge in [-0.05, 0) is 60.5 Å². The highest BCUT2D eigenvalue weighted by molar-refractivity contribution is 8.00. The first-order chi connectivity index (χ1) is 15.6. The number of rotatable bonds is 6. The molecular weight excluding hydrogens is 432 g/mol. The van der Waals surface area contributed by atoms with E-state index in [-0.39, 0.29) is 10.8 Å². The van der Waals surface area contributed by atoms with Gasteiger partial charge in [-0.15, -0.1) is 0 Å². The van der Waals surface area contributed by atoms with E-state index in [1.165, 1.54) is 18.2 Å². The van der Waals surface area contributed by atoms with Gasteiger partial charge in [0.2, 0.25) is 0 Å². The topological polar surface area (TPSA) is 44.8 Å². The number of carbonyl (C=O) groups excluding carboxylic acids is 1. The molecule has 1 amide bonds. The number of carbonyl (C=O) groups is 1. The molecule has 3 aromatic carbocycles. The fraction of sp³-hybridized carbons (Fsp3) is 0.208. The first kappa shape index (κ1) is 22.0. The van der Waals surface area contributed by atoms with Crippen LogP contribution in [0.5, 0.6) is 5.75 Å². The van der Waals surface area contributed by atoms with Gasteiger partial charge >= 0.3 is 0 Å². The molecular formula is C24H23F2N3O2S. The molecule has 3 aromatic rings. The van der Waals surface area contributed by atoms with E-state index in [4.69, 9.17) is 4.74 Å². The fourth-order valence-electron chi connectivity index (χ4n) is 3.59. The minimum Gasteiger partial charge on any atom is -0.495 e. The highest BCUT2D eigenvalue weighted by Crippen LogP contribution is 2.29. The summed E-state index contributed by atoms with van der Waals surface area (Å²) in [6, 6.07) is 18.5. The van der Waals surface area contributed by atoms with E-state index >= 15 is 0 Å². The van der Waals surface area contributed by atoms with E-state index in [1.54, 1.807) is 31.4 Å². The summed E-state index contributed by atoms with van der Waals surface area (Å²) in [4.78, 5) is 16.9. The van der Waals surface area contributed by atoms with Crippen LogP contribution in [0.2, 0.25) is 0 Å². The van der Waals surface area contributed by atoms with Gasteiger partial charge in [-0.2, -0.15) is 0 Å². The van der Waals surface area contributed by atoms with E-state index in [1.807, 2.05) is 29.2 Å². The standard InChI is InChI=1S/C24H23F2N3O2S/c1-31-22-8-3-2-7-21(22)28-13-15-29(16-14-28)24(30)17-9-11-18(12-10-17)27-32-23-19(25)5-4-6-20(23)26/h2-12,27H,13-16H2,1H3. The molecule has 0 unspecified atom stereocenters. The summed E-state index contributed by atoms with van der Waals surface area (Å²) in [6.07, 6.45) is 0. The fourth-order valence-corrected chi connectivity index (χ4v) is 4.28. The smallest absolute Gasteiger partial charge is 0.253 e. The second-order valence-electron chi connectivity index (χ2n) is 7.28. The molecule has 8 heteroatoms. The zero-order chi connectivity index (χ0) is 22.5. The molecule has 166 valence electrons. The van der Waals surface area contributed by atoms with Crippen LogP contribution in [0, 0.1) is 11.6 Å².